The summed E-state index contributed by atoms with van der Waals surface area (Å²) in [4.78, 5) is 41.9. The number of nitrogens with one attached hydrogen (secondary N) is 1. The van der Waals surface area contributed by atoms with Gasteiger partial charge in [0.15, 0.2) is 4.77 Å². The second-order valence-electron chi connectivity index (χ2n) is 7.40. The molecular formula is C21H18ClFN4O3S. The smallest absolute Gasteiger partial charge is 0.266 e. The van der Waals surface area contributed by atoms with E-state index >= 15 is 0 Å². The van der Waals surface area contributed by atoms with Crippen LogP contribution in [0.3, 0.4) is 0 Å². The van der Waals surface area contributed by atoms with E-state index in [1.54, 1.807) is 23.1 Å². The van der Waals surface area contributed by atoms with Crippen LogP contribution in [-0.4, -0.2) is 39.4 Å². The van der Waals surface area contributed by atoms with Crippen LogP contribution in [0.4, 0.5) is 4.39 Å². The number of nitrogens with zero attached hydrogens (tertiary/aromatic N) is 2. The Morgan fingerprint density at radius 2 is 1.87 bits per heavy atom. The summed E-state index contributed by atoms with van der Waals surface area (Å²) < 4.78 is 14.8. The number of halogens is 2. The van der Waals surface area contributed by atoms with Gasteiger partial charge in [-0.15, -0.1) is 0 Å². The Hall–Kier alpha value is -3.04. The number of rotatable bonds is 3. The van der Waals surface area contributed by atoms with Crippen LogP contribution in [0.5, 0.6) is 0 Å². The van der Waals surface area contributed by atoms with Gasteiger partial charge >= 0.3 is 0 Å². The van der Waals surface area contributed by atoms with Crippen molar-refractivity contribution in [2.24, 2.45) is 11.7 Å². The molecule has 3 N–H and O–H groups in total. The van der Waals surface area contributed by atoms with Gasteiger partial charge in [0.05, 0.1) is 21.6 Å². The number of fused-ring (bicyclic) bond motifs is 1. The van der Waals surface area contributed by atoms with Crippen molar-refractivity contribution in [3.8, 4) is 5.69 Å². The average molecular weight is 461 g/mol. The van der Waals surface area contributed by atoms with E-state index in [4.69, 9.17) is 29.6 Å². The topological polar surface area (TPSA) is 101 Å². The quantitative estimate of drug-likeness (QED) is 0.586. The van der Waals surface area contributed by atoms with Crippen LogP contribution in [0.25, 0.3) is 16.6 Å². The van der Waals surface area contributed by atoms with Gasteiger partial charge in [0, 0.05) is 24.6 Å². The van der Waals surface area contributed by atoms with Crippen LogP contribution in [0.1, 0.15) is 23.2 Å². The predicted octanol–water partition coefficient (Wildman–Crippen LogP) is 3.18. The van der Waals surface area contributed by atoms with Crippen LogP contribution in [-0.2, 0) is 4.79 Å². The van der Waals surface area contributed by atoms with Gasteiger partial charge in [-0.1, -0.05) is 11.6 Å². The molecule has 1 aromatic heterocycles. The van der Waals surface area contributed by atoms with Gasteiger partial charge in [0.25, 0.3) is 11.5 Å². The summed E-state index contributed by atoms with van der Waals surface area (Å²) >= 11 is 11.2. The number of carbonyl (C=O) groups is 2. The van der Waals surface area contributed by atoms with E-state index in [9.17, 15) is 18.8 Å². The number of aromatic amines is 1. The predicted molar refractivity (Wildman–Crippen MR) is 118 cm³/mol. The summed E-state index contributed by atoms with van der Waals surface area (Å²) in [6.45, 7) is 0.876. The van der Waals surface area contributed by atoms with Crippen molar-refractivity contribution in [1.29, 1.82) is 0 Å². The monoisotopic (exact) mass is 460 g/mol. The zero-order chi connectivity index (χ0) is 22.3. The Kier molecular flexibility index (Phi) is 5.63. The van der Waals surface area contributed by atoms with Gasteiger partial charge in [0.2, 0.25) is 5.91 Å². The first kappa shape index (κ1) is 21.2. The molecule has 160 valence electrons. The van der Waals surface area contributed by atoms with Crippen LogP contribution >= 0.6 is 23.8 Å². The zero-order valence-corrected chi connectivity index (χ0v) is 17.8. The Labute approximate surface area is 186 Å². The Bertz CT molecular complexity index is 1330. The van der Waals surface area contributed by atoms with Gasteiger partial charge in [-0.3, -0.25) is 19.0 Å². The maximum atomic E-state index is 13.5. The van der Waals surface area contributed by atoms with Crippen molar-refractivity contribution in [2.45, 2.75) is 12.8 Å². The third-order valence-electron chi connectivity index (χ3n) is 5.49. The molecule has 0 radical (unpaired) electrons. The lowest BCUT2D eigenvalue weighted by Gasteiger charge is -2.30. The first-order valence-electron chi connectivity index (χ1n) is 9.59. The molecule has 4 rings (SSSR count). The molecule has 2 aromatic carbocycles. The number of hydrogen-bond donors (Lipinski definition) is 2. The van der Waals surface area contributed by atoms with Gasteiger partial charge in [-0.05, 0) is 61.5 Å². The first-order valence-corrected chi connectivity index (χ1v) is 10.4. The van der Waals surface area contributed by atoms with Crippen LogP contribution in [0.2, 0.25) is 5.02 Å². The van der Waals surface area contributed by atoms with E-state index in [0.29, 0.717) is 48.1 Å². The van der Waals surface area contributed by atoms with Gasteiger partial charge < -0.3 is 15.6 Å². The second-order valence-corrected chi connectivity index (χ2v) is 8.19. The highest BCUT2D eigenvalue weighted by Crippen LogP contribution is 2.21. The van der Waals surface area contributed by atoms with Crippen LogP contribution in [0, 0.1) is 16.5 Å². The zero-order valence-electron chi connectivity index (χ0n) is 16.2. The minimum absolute atomic E-state index is 0.0899. The van der Waals surface area contributed by atoms with Crippen molar-refractivity contribution < 1.29 is 14.0 Å². The number of hydrogen-bond acceptors (Lipinski definition) is 4. The molecule has 2 heterocycles. The molecule has 2 amide bonds. The molecule has 7 nitrogen and oxygen atoms in total. The highest BCUT2D eigenvalue weighted by atomic mass is 35.5. The Morgan fingerprint density at radius 3 is 2.52 bits per heavy atom. The molecule has 0 unspecified atom stereocenters. The molecule has 0 aliphatic carbocycles. The number of likely N-dealkylation sites (tertiary alicyclic amines) is 1. The Balaban J connectivity index is 1.69. The van der Waals surface area contributed by atoms with Crippen LogP contribution < -0.4 is 11.3 Å². The second kappa shape index (κ2) is 8.24. The minimum atomic E-state index is -0.600. The lowest BCUT2D eigenvalue weighted by molar-refractivity contribution is -0.123. The van der Waals surface area contributed by atoms with Crippen molar-refractivity contribution in [3.63, 3.8) is 0 Å². The fraction of sp³-hybridized carbons (Fsp3) is 0.238. The summed E-state index contributed by atoms with van der Waals surface area (Å²) in [5, 5.41) is 0.193. The number of aromatic nitrogens is 2. The minimum Gasteiger partial charge on any atom is -0.369 e. The number of amides is 2. The van der Waals surface area contributed by atoms with Gasteiger partial charge in [-0.2, -0.15) is 0 Å². The molecule has 31 heavy (non-hydrogen) atoms. The number of nitrogens with two attached hydrogens (primary N) is 1. The number of benzene rings is 2. The molecule has 1 saturated heterocycles. The molecule has 0 atom stereocenters. The summed E-state index contributed by atoms with van der Waals surface area (Å²) in [5.74, 6) is -1.35. The van der Waals surface area contributed by atoms with Gasteiger partial charge in [0.1, 0.15) is 5.82 Å². The number of H-pyrrole nitrogens is 1. The third kappa shape index (κ3) is 3.98. The van der Waals surface area contributed by atoms with Gasteiger partial charge in [-0.25, -0.2) is 4.39 Å². The lowest BCUT2D eigenvalue weighted by Crippen LogP contribution is -2.41. The van der Waals surface area contributed by atoms with E-state index in [1.807, 2.05) is 0 Å². The fourth-order valence-electron chi connectivity index (χ4n) is 3.76. The van der Waals surface area contributed by atoms with E-state index in [-0.39, 0.29) is 27.5 Å². The Morgan fingerprint density at radius 1 is 1.16 bits per heavy atom. The fourth-order valence-corrected chi connectivity index (χ4v) is 4.23. The molecule has 1 fully saturated rings. The SMILES string of the molecule is NC(=O)C1CCN(C(=O)c2ccc3c(=O)n(-c4ccc(F)c(Cl)c4)c(=S)[nH]c3c2)CC1. The van der Waals surface area contributed by atoms with E-state index < -0.39 is 11.4 Å². The van der Waals surface area contributed by atoms with Crippen molar-refractivity contribution in [3.05, 3.63) is 67.9 Å². The van der Waals surface area contributed by atoms with E-state index in [1.165, 1.54) is 16.7 Å². The van der Waals surface area contributed by atoms with E-state index in [2.05, 4.69) is 4.98 Å². The van der Waals surface area contributed by atoms with Crippen molar-refractivity contribution in [1.82, 2.24) is 14.5 Å². The summed E-state index contributed by atoms with van der Waals surface area (Å²) in [6, 6.07) is 8.59. The van der Waals surface area contributed by atoms with Crippen molar-refractivity contribution >= 4 is 46.5 Å². The van der Waals surface area contributed by atoms with Crippen molar-refractivity contribution in [2.75, 3.05) is 13.1 Å². The molecule has 10 heteroatoms. The highest BCUT2D eigenvalue weighted by molar-refractivity contribution is 7.71. The molecular weight excluding hydrogens is 443 g/mol. The molecule has 1 aliphatic rings. The maximum absolute atomic E-state index is 13.5. The largest absolute Gasteiger partial charge is 0.369 e. The standard InChI is InChI=1S/C21H18ClFN4O3S/c22-15-10-13(2-4-16(15)23)27-20(30)14-3-1-12(9-17(14)25-21(27)31)19(29)26-7-5-11(6-8-26)18(24)28/h1-4,9-11H,5-8H2,(H2,24,28)(H,25,31). The van der Waals surface area contributed by atoms with E-state index in [0.717, 1.165) is 6.07 Å². The lowest BCUT2D eigenvalue weighted by atomic mass is 9.96. The molecule has 0 spiro atoms. The molecule has 0 bridgehead atoms. The number of piperidine rings is 1. The summed E-state index contributed by atoms with van der Waals surface area (Å²) in [7, 11) is 0. The highest BCUT2D eigenvalue weighted by Gasteiger charge is 2.26. The maximum Gasteiger partial charge on any atom is 0.266 e. The molecule has 3 aromatic rings. The number of primary amides is 1. The normalized spacial score (nSPS) is 14.7. The molecule has 0 saturated carbocycles. The van der Waals surface area contributed by atoms with Crippen LogP contribution in [0.15, 0.2) is 41.2 Å². The number of carbonyl (C=O) groups excluding carboxylic acids is 2. The summed E-state index contributed by atoms with van der Waals surface area (Å²) in [6.07, 6.45) is 1.06. The first-order chi connectivity index (χ1) is 14.8. The third-order valence-corrected chi connectivity index (χ3v) is 6.06. The average Bonchev–Trinajstić information content (AvgIpc) is 2.75. The summed E-state index contributed by atoms with van der Waals surface area (Å²) in [5.41, 5.74) is 6.08. The molecule has 1 aliphatic heterocycles.